The topological polar surface area (TPSA) is 39.1 Å². The Morgan fingerprint density at radius 3 is 2.70 bits per heavy atom. The molecule has 1 rings (SSSR count). The summed E-state index contributed by atoms with van der Waals surface area (Å²) in [6.07, 6.45) is 0. The first-order valence-corrected chi connectivity index (χ1v) is 3.70. The Balaban J connectivity index is 2.26. The summed E-state index contributed by atoms with van der Waals surface area (Å²) < 4.78 is 0. The third-order valence-corrected chi connectivity index (χ3v) is 1.96. The number of nitrogens with one attached hydrogen (secondary N) is 1. The molecule has 0 spiro atoms. The summed E-state index contributed by atoms with van der Waals surface area (Å²) in [5.41, 5.74) is 0. The van der Waals surface area contributed by atoms with Crippen LogP contribution in [-0.2, 0) is 0 Å². The zero-order valence-corrected chi connectivity index (χ0v) is 6.30. The highest BCUT2D eigenvalue weighted by atomic mass is 15.2. The molecular formula is C7H13N3. The molecule has 0 atom stereocenters. The first-order valence-electron chi connectivity index (χ1n) is 3.70. The first-order chi connectivity index (χ1) is 4.88. The van der Waals surface area contributed by atoms with Gasteiger partial charge in [-0.1, -0.05) is 6.92 Å². The molecule has 0 bridgehead atoms. The molecule has 3 heteroatoms. The second-order valence-corrected chi connectivity index (χ2v) is 2.53. The summed E-state index contributed by atoms with van der Waals surface area (Å²) in [7, 11) is 0. The standard InChI is InChI=1S/C7H13N3/c1-2-10(4-3-8)7-5-9-6-7/h7,9H,2,4-6H2,1H3. The van der Waals surface area contributed by atoms with Crippen LogP contribution in [0.1, 0.15) is 6.92 Å². The zero-order valence-electron chi connectivity index (χ0n) is 6.30. The molecule has 0 radical (unpaired) electrons. The van der Waals surface area contributed by atoms with Crippen LogP contribution in [0.15, 0.2) is 0 Å². The third kappa shape index (κ3) is 1.47. The van der Waals surface area contributed by atoms with E-state index in [1.807, 2.05) is 0 Å². The molecule has 0 aromatic carbocycles. The highest BCUT2D eigenvalue weighted by molar-refractivity contribution is 4.88. The Labute approximate surface area is 61.6 Å². The Morgan fingerprint density at radius 1 is 1.70 bits per heavy atom. The third-order valence-electron chi connectivity index (χ3n) is 1.96. The van der Waals surface area contributed by atoms with Crippen molar-refractivity contribution in [3.05, 3.63) is 0 Å². The van der Waals surface area contributed by atoms with Gasteiger partial charge in [-0.15, -0.1) is 0 Å². The van der Waals surface area contributed by atoms with E-state index in [-0.39, 0.29) is 0 Å². The SMILES string of the molecule is CCN(CC#N)C1CNC1. The van der Waals surface area contributed by atoms with Crippen molar-refractivity contribution in [3.63, 3.8) is 0 Å². The van der Waals surface area contributed by atoms with E-state index in [2.05, 4.69) is 23.2 Å². The van der Waals surface area contributed by atoms with Crippen molar-refractivity contribution in [2.24, 2.45) is 0 Å². The molecule has 0 amide bonds. The predicted molar refractivity (Wildman–Crippen MR) is 39.5 cm³/mol. The molecule has 0 aromatic heterocycles. The van der Waals surface area contributed by atoms with Crippen LogP contribution >= 0.6 is 0 Å². The van der Waals surface area contributed by atoms with Crippen molar-refractivity contribution in [2.75, 3.05) is 26.2 Å². The lowest BCUT2D eigenvalue weighted by Crippen LogP contribution is -2.57. The van der Waals surface area contributed by atoms with Crippen LogP contribution in [0.5, 0.6) is 0 Å². The molecule has 0 aromatic rings. The van der Waals surface area contributed by atoms with Crippen LogP contribution in [0, 0.1) is 11.3 Å². The van der Waals surface area contributed by atoms with Gasteiger partial charge in [0.05, 0.1) is 12.6 Å². The van der Waals surface area contributed by atoms with Gasteiger partial charge in [0.2, 0.25) is 0 Å². The molecule has 1 fully saturated rings. The van der Waals surface area contributed by atoms with E-state index in [0.717, 1.165) is 19.6 Å². The molecule has 1 heterocycles. The number of hydrogen-bond donors (Lipinski definition) is 1. The summed E-state index contributed by atoms with van der Waals surface area (Å²) in [5.74, 6) is 0. The van der Waals surface area contributed by atoms with Crippen molar-refractivity contribution < 1.29 is 0 Å². The minimum Gasteiger partial charge on any atom is -0.314 e. The number of hydrogen-bond acceptors (Lipinski definition) is 3. The van der Waals surface area contributed by atoms with Gasteiger partial charge in [-0.2, -0.15) is 5.26 Å². The Kier molecular flexibility index (Phi) is 2.67. The van der Waals surface area contributed by atoms with E-state index in [0.29, 0.717) is 12.6 Å². The first kappa shape index (κ1) is 7.52. The lowest BCUT2D eigenvalue weighted by Gasteiger charge is -2.35. The molecule has 0 saturated carbocycles. The Morgan fingerprint density at radius 2 is 2.40 bits per heavy atom. The second kappa shape index (κ2) is 3.55. The molecule has 0 unspecified atom stereocenters. The number of nitriles is 1. The number of rotatable bonds is 3. The van der Waals surface area contributed by atoms with Crippen molar-refractivity contribution in [1.82, 2.24) is 10.2 Å². The van der Waals surface area contributed by atoms with Gasteiger partial charge >= 0.3 is 0 Å². The Bertz CT molecular complexity index is 134. The van der Waals surface area contributed by atoms with Gasteiger partial charge in [-0.05, 0) is 6.54 Å². The van der Waals surface area contributed by atoms with Crippen LogP contribution < -0.4 is 5.32 Å². The molecule has 1 aliphatic rings. The smallest absolute Gasteiger partial charge is 0.0869 e. The van der Waals surface area contributed by atoms with Crippen LogP contribution in [0.4, 0.5) is 0 Å². The maximum atomic E-state index is 8.42. The fraction of sp³-hybridized carbons (Fsp3) is 0.857. The minimum absolute atomic E-state index is 0.572. The van der Waals surface area contributed by atoms with Crippen LogP contribution in [-0.4, -0.2) is 37.1 Å². The lowest BCUT2D eigenvalue weighted by atomic mass is 10.1. The predicted octanol–water partition coefficient (Wildman–Crippen LogP) is -0.196. The fourth-order valence-electron chi connectivity index (χ4n) is 1.12. The summed E-state index contributed by atoms with van der Waals surface area (Å²) in [6, 6.07) is 2.78. The summed E-state index contributed by atoms with van der Waals surface area (Å²) in [5, 5.41) is 11.6. The van der Waals surface area contributed by atoms with Crippen molar-refractivity contribution in [1.29, 1.82) is 5.26 Å². The molecule has 1 N–H and O–H groups in total. The van der Waals surface area contributed by atoms with E-state index < -0.39 is 0 Å². The minimum atomic E-state index is 0.572. The molecule has 3 nitrogen and oxygen atoms in total. The summed E-state index contributed by atoms with van der Waals surface area (Å²) >= 11 is 0. The second-order valence-electron chi connectivity index (χ2n) is 2.53. The maximum Gasteiger partial charge on any atom is 0.0869 e. The maximum absolute atomic E-state index is 8.42. The summed E-state index contributed by atoms with van der Waals surface area (Å²) in [4.78, 5) is 2.19. The molecule has 0 aliphatic carbocycles. The van der Waals surface area contributed by atoms with Crippen molar-refractivity contribution in [3.8, 4) is 6.07 Å². The molecular weight excluding hydrogens is 126 g/mol. The highest BCUT2D eigenvalue weighted by Gasteiger charge is 2.22. The van der Waals surface area contributed by atoms with Crippen molar-refractivity contribution >= 4 is 0 Å². The van der Waals surface area contributed by atoms with Gasteiger partial charge in [0, 0.05) is 19.1 Å². The Hall–Kier alpha value is -0.590. The van der Waals surface area contributed by atoms with Crippen LogP contribution in [0.2, 0.25) is 0 Å². The largest absolute Gasteiger partial charge is 0.314 e. The monoisotopic (exact) mass is 139 g/mol. The van der Waals surface area contributed by atoms with E-state index in [4.69, 9.17) is 5.26 Å². The number of likely N-dealkylation sites (N-methyl/N-ethyl adjacent to an activating group) is 1. The van der Waals surface area contributed by atoms with E-state index >= 15 is 0 Å². The van der Waals surface area contributed by atoms with Crippen molar-refractivity contribution in [2.45, 2.75) is 13.0 Å². The van der Waals surface area contributed by atoms with Gasteiger partial charge in [0.1, 0.15) is 0 Å². The normalized spacial score (nSPS) is 18.5. The average molecular weight is 139 g/mol. The molecule has 1 aliphatic heterocycles. The van der Waals surface area contributed by atoms with Gasteiger partial charge in [0.15, 0.2) is 0 Å². The van der Waals surface area contributed by atoms with Gasteiger partial charge in [-0.25, -0.2) is 0 Å². The van der Waals surface area contributed by atoms with Gasteiger partial charge in [-0.3, -0.25) is 4.90 Å². The van der Waals surface area contributed by atoms with Crippen LogP contribution in [0.3, 0.4) is 0 Å². The van der Waals surface area contributed by atoms with E-state index in [1.54, 1.807) is 0 Å². The van der Waals surface area contributed by atoms with E-state index in [9.17, 15) is 0 Å². The zero-order chi connectivity index (χ0) is 7.40. The molecule has 1 saturated heterocycles. The quantitative estimate of drug-likeness (QED) is 0.550. The molecule has 56 valence electrons. The van der Waals surface area contributed by atoms with Crippen LogP contribution in [0.25, 0.3) is 0 Å². The van der Waals surface area contributed by atoms with Gasteiger partial charge in [0.25, 0.3) is 0 Å². The lowest BCUT2D eigenvalue weighted by molar-refractivity contribution is 0.171. The highest BCUT2D eigenvalue weighted by Crippen LogP contribution is 2.02. The number of nitrogens with zero attached hydrogens (tertiary/aromatic N) is 2. The van der Waals surface area contributed by atoms with Gasteiger partial charge < -0.3 is 5.32 Å². The fourth-order valence-corrected chi connectivity index (χ4v) is 1.12. The summed E-state index contributed by atoms with van der Waals surface area (Å²) in [6.45, 7) is 5.75. The van der Waals surface area contributed by atoms with E-state index in [1.165, 1.54) is 0 Å². The average Bonchev–Trinajstić information content (AvgIpc) is 1.83. The molecule has 10 heavy (non-hydrogen) atoms.